The molecule has 0 aromatic heterocycles. The molecule has 0 saturated heterocycles. The van der Waals surface area contributed by atoms with Gasteiger partial charge in [-0.15, -0.1) is 0 Å². The maximum Gasteiger partial charge on any atom is 0.262 e. The van der Waals surface area contributed by atoms with E-state index in [4.69, 9.17) is 4.74 Å². The topological polar surface area (TPSA) is 58.6 Å². The summed E-state index contributed by atoms with van der Waals surface area (Å²) in [4.78, 5) is 12.1. The van der Waals surface area contributed by atoms with Gasteiger partial charge in [-0.2, -0.15) is 0 Å². The average molecular weight is 327 g/mol. The molecule has 128 valence electrons. The van der Waals surface area contributed by atoms with Crippen LogP contribution < -0.4 is 10.1 Å². The zero-order valence-corrected chi connectivity index (χ0v) is 14.7. The quantitative estimate of drug-likeness (QED) is 0.806. The first-order valence-electron chi connectivity index (χ1n) is 8.14. The molecule has 4 heteroatoms. The minimum atomic E-state index is -0.236. The third kappa shape index (κ3) is 4.75. The van der Waals surface area contributed by atoms with Crippen molar-refractivity contribution in [2.75, 3.05) is 11.9 Å². The van der Waals surface area contributed by atoms with Gasteiger partial charge in [0, 0.05) is 5.69 Å². The Morgan fingerprint density at radius 2 is 1.79 bits per heavy atom. The van der Waals surface area contributed by atoms with Crippen molar-refractivity contribution in [1.82, 2.24) is 0 Å². The first-order chi connectivity index (χ1) is 11.3. The number of aromatic hydroxyl groups is 1. The Balaban J connectivity index is 2.05. The van der Waals surface area contributed by atoms with Gasteiger partial charge in [0.05, 0.1) is 0 Å². The lowest BCUT2D eigenvalue weighted by Gasteiger charge is -2.23. The number of carbonyl (C=O) groups excluding carboxylic acids is 1. The number of benzene rings is 2. The summed E-state index contributed by atoms with van der Waals surface area (Å²) in [5, 5.41) is 12.0. The molecule has 1 amide bonds. The molecular formula is C20H25NO3. The number of carbonyl (C=O) groups is 1. The largest absolute Gasteiger partial charge is 0.508 e. The van der Waals surface area contributed by atoms with Gasteiger partial charge in [-0.3, -0.25) is 4.79 Å². The zero-order valence-electron chi connectivity index (χ0n) is 14.7. The van der Waals surface area contributed by atoms with Gasteiger partial charge in [0.25, 0.3) is 5.91 Å². The van der Waals surface area contributed by atoms with Crippen molar-refractivity contribution in [3.05, 3.63) is 53.6 Å². The van der Waals surface area contributed by atoms with Crippen LogP contribution in [0.1, 0.15) is 38.8 Å². The second-order valence-corrected chi connectivity index (χ2v) is 6.82. The molecule has 0 spiro atoms. The summed E-state index contributed by atoms with van der Waals surface area (Å²) >= 11 is 0. The molecule has 0 heterocycles. The van der Waals surface area contributed by atoms with Crippen LogP contribution in [0.5, 0.6) is 11.5 Å². The summed E-state index contributed by atoms with van der Waals surface area (Å²) in [5.74, 6) is 0.663. The first-order valence-corrected chi connectivity index (χ1v) is 8.14. The summed E-state index contributed by atoms with van der Waals surface area (Å²) < 4.78 is 5.76. The van der Waals surface area contributed by atoms with Gasteiger partial charge in [-0.1, -0.05) is 39.8 Å². The lowest BCUT2D eigenvalue weighted by Crippen LogP contribution is -2.22. The Morgan fingerprint density at radius 1 is 1.12 bits per heavy atom. The number of aryl methyl sites for hydroxylation is 1. The van der Waals surface area contributed by atoms with Crippen LogP contribution in [0.15, 0.2) is 42.5 Å². The molecule has 0 aliphatic rings. The second kappa shape index (κ2) is 7.39. The highest BCUT2D eigenvalue weighted by Gasteiger charge is 2.20. The minimum Gasteiger partial charge on any atom is -0.508 e. The van der Waals surface area contributed by atoms with Crippen molar-refractivity contribution in [3.63, 3.8) is 0 Å². The van der Waals surface area contributed by atoms with Crippen molar-refractivity contribution < 1.29 is 14.6 Å². The molecule has 0 unspecified atom stereocenters. The lowest BCUT2D eigenvalue weighted by atomic mass is 9.85. The highest BCUT2D eigenvalue weighted by Crippen LogP contribution is 2.32. The van der Waals surface area contributed by atoms with Crippen LogP contribution >= 0.6 is 0 Å². The molecule has 2 N–H and O–H groups in total. The van der Waals surface area contributed by atoms with Crippen LogP contribution in [0.4, 0.5) is 5.69 Å². The highest BCUT2D eigenvalue weighted by atomic mass is 16.5. The average Bonchev–Trinajstić information content (AvgIpc) is 2.54. The zero-order chi connectivity index (χ0) is 17.7. The first kappa shape index (κ1) is 17.9. The van der Waals surface area contributed by atoms with E-state index in [1.807, 2.05) is 12.1 Å². The molecule has 0 fully saturated rings. The molecule has 0 atom stereocenters. The molecule has 0 bridgehead atoms. The van der Waals surface area contributed by atoms with E-state index in [0.717, 1.165) is 17.7 Å². The number of phenols is 1. The second-order valence-electron chi connectivity index (χ2n) is 6.82. The van der Waals surface area contributed by atoms with Gasteiger partial charge < -0.3 is 15.2 Å². The van der Waals surface area contributed by atoms with Crippen LogP contribution in [-0.4, -0.2) is 17.6 Å². The summed E-state index contributed by atoms with van der Waals surface area (Å²) in [6.45, 7) is 8.45. The van der Waals surface area contributed by atoms with Crippen LogP contribution in [0, 0.1) is 0 Å². The number of nitrogens with one attached hydrogen (secondary N) is 1. The monoisotopic (exact) mass is 327 g/mol. The molecule has 0 radical (unpaired) electrons. The molecule has 2 rings (SSSR count). The standard InChI is InChI=1S/C20H25NO3/c1-5-14-6-11-18(17(12-14)20(2,3)4)24-13-19(23)21-15-7-9-16(22)10-8-15/h6-12,22H,5,13H2,1-4H3,(H,21,23). The number of ether oxygens (including phenoxy) is 1. The SMILES string of the molecule is CCc1ccc(OCC(=O)Nc2ccc(O)cc2)c(C(C)(C)C)c1. The molecule has 2 aromatic rings. The Hall–Kier alpha value is -2.49. The molecule has 0 saturated carbocycles. The van der Waals surface area contributed by atoms with E-state index in [0.29, 0.717) is 5.69 Å². The Bertz CT molecular complexity index is 700. The van der Waals surface area contributed by atoms with E-state index in [2.05, 4.69) is 39.1 Å². The maximum atomic E-state index is 12.1. The van der Waals surface area contributed by atoms with E-state index in [9.17, 15) is 9.90 Å². The van der Waals surface area contributed by atoms with Crippen LogP contribution in [0.25, 0.3) is 0 Å². The predicted molar refractivity (Wildman–Crippen MR) is 96.8 cm³/mol. The lowest BCUT2D eigenvalue weighted by molar-refractivity contribution is -0.118. The fourth-order valence-corrected chi connectivity index (χ4v) is 2.39. The minimum absolute atomic E-state index is 0.0601. The van der Waals surface area contributed by atoms with Crippen molar-refractivity contribution in [1.29, 1.82) is 0 Å². The predicted octanol–water partition coefficient (Wildman–Crippen LogP) is 4.27. The smallest absolute Gasteiger partial charge is 0.262 e. The van der Waals surface area contributed by atoms with Gasteiger partial charge >= 0.3 is 0 Å². The molecule has 24 heavy (non-hydrogen) atoms. The van der Waals surface area contributed by atoms with E-state index in [1.54, 1.807) is 12.1 Å². The van der Waals surface area contributed by atoms with E-state index < -0.39 is 0 Å². The Labute approximate surface area is 143 Å². The van der Waals surface area contributed by atoms with Crippen molar-refractivity contribution >= 4 is 11.6 Å². The van der Waals surface area contributed by atoms with Gasteiger partial charge in [0.2, 0.25) is 0 Å². The molecule has 4 nitrogen and oxygen atoms in total. The van der Waals surface area contributed by atoms with Crippen molar-refractivity contribution in [2.45, 2.75) is 39.5 Å². The molecule has 0 aliphatic heterocycles. The molecular weight excluding hydrogens is 302 g/mol. The number of hydrogen-bond donors (Lipinski definition) is 2. The third-order valence-electron chi connectivity index (χ3n) is 3.77. The Morgan fingerprint density at radius 3 is 2.38 bits per heavy atom. The normalized spacial score (nSPS) is 11.2. The van der Waals surface area contributed by atoms with E-state index in [-0.39, 0.29) is 23.7 Å². The summed E-state index contributed by atoms with van der Waals surface area (Å²) in [5.41, 5.74) is 2.91. The fourth-order valence-electron chi connectivity index (χ4n) is 2.39. The number of anilines is 1. The highest BCUT2D eigenvalue weighted by molar-refractivity contribution is 5.91. The van der Waals surface area contributed by atoms with Gasteiger partial charge in [-0.05, 0) is 53.3 Å². The number of rotatable bonds is 5. The van der Waals surface area contributed by atoms with E-state index >= 15 is 0 Å². The maximum absolute atomic E-state index is 12.1. The molecule has 2 aromatic carbocycles. The molecule has 0 aliphatic carbocycles. The van der Waals surface area contributed by atoms with Gasteiger partial charge in [-0.25, -0.2) is 0 Å². The fraction of sp³-hybridized carbons (Fsp3) is 0.350. The summed E-state index contributed by atoms with van der Waals surface area (Å²) in [6.07, 6.45) is 0.963. The number of amides is 1. The number of hydrogen-bond acceptors (Lipinski definition) is 3. The van der Waals surface area contributed by atoms with Crippen LogP contribution in [0.2, 0.25) is 0 Å². The van der Waals surface area contributed by atoms with Crippen LogP contribution in [0.3, 0.4) is 0 Å². The van der Waals surface area contributed by atoms with Crippen molar-refractivity contribution in [3.8, 4) is 11.5 Å². The third-order valence-corrected chi connectivity index (χ3v) is 3.77. The number of phenolic OH excluding ortho intramolecular Hbond substituents is 1. The summed E-state index contributed by atoms with van der Waals surface area (Å²) in [6, 6.07) is 12.5. The van der Waals surface area contributed by atoms with Gasteiger partial charge in [0.1, 0.15) is 11.5 Å². The summed E-state index contributed by atoms with van der Waals surface area (Å²) in [7, 11) is 0. The Kier molecular flexibility index (Phi) is 5.50. The van der Waals surface area contributed by atoms with E-state index in [1.165, 1.54) is 17.7 Å². The van der Waals surface area contributed by atoms with Crippen LogP contribution in [-0.2, 0) is 16.6 Å². The van der Waals surface area contributed by atoms with Gasteiger partial charge in [0.15, 0.2) is 6.61 Å². The van der Waals surface area contributed by atoms with Crippen molar-refractivity contribution in [2.24, 2.45) is 0 Å².